The van der Waals surface area contributed by atoms with Crippen LogP contribution in [0.1, 0.15) is 25.0 Å². The predicted octanol–water partition coefficient (Wildman–Crippen LogP) is 2.54. The van der Waals surface area contributed by atoms with Gasteiger partial charge in [0.15, 0.2) is 5.96 Å². The standard InChI is InChI=1S/C16H27N3O2.HI/c1-4-17-16(18-9-10-21-5-2)19-12-14-7-6-8-15(11-14)13-20-3;/h6-8,11H,4-5,9-10,12-13H2,1-3H3,(H2,17,18,19);1H. The first-order chi connectivity index (χ1) is 10.3. The van der Waals surface area contributed by atoms with E-state index < -0.39 is 0 Å². The Hall–Kier alpha value is -0.860. The van der Waals surface area contributed by atoms with E-state index in [2.05, 4.69) is 40.7 Å². The Morgan fingerprint density at radius 2 is 1.95 bits per heavy atom. The van der Waals surface area contributed by atoms with Gasteiger partial charge in [-0.25, -0.2) is 4.99 Å². The maximum atomic E-state index is 5.31. The van der Waals surface area contributed by atoms with E-state index in [1.807, 2.05) is 13.0 Å². The normalized spacial score (nSPS) is 11.0. The minimum absolute atomic E-state index is 0. The SMILES string of the molecule is CCNC(=NCc1cccc(COC)c1)NCCOCC.I. The van der Waals surface area contributed by atoms with Gasteiger partial charge in [0.2, 0.25) is 0 Å². The van der Waals surface area contributed by atoms with Crippen LogP contribution >= 0.6 is 24.0 Å². The highest BCUT2D eigenvalue weighted by Crippen LogP contribution is 2.07. The van der Waals surface area contributed by atoms with E-state index in [-0.39, 0.29) is 24.0 Å². The van der Waals surface area contributed by atoms with Gasteiger partial charge in [-0.1, -0.05) is 24.3 Å². The molecule has 0 atom stereocenters. The molecule has 0 spiro atoms. The van der Waals surface area contributed by atoms with Crippen molar-refractivity contribution in [2.45, 2.75) is 27.0 Å². The summed E-state index contributed by atoms with van der Waals surface area (Å²) in [5.74, 6) is 0.814. The van der Waals surface area contributed by atoms with Crippen molar-refractivity contribution < 1.29 is 9.47 Å². The molecule has 0 heterocycles. The fourth-order valence-corrected chi connectivity index (χ4v) is 1.88. The predicted molar refractivity (Wildman–Crippen MR) is 102 cm³/mol. The topological polar surface area (TPSA) is 54.9 Å². The van der Waals surface area contributed by atoms with Crippen molar-refractivity contribution in [1.82, 2.24) is 10.6 Å². The maximum Gasteiger partial charge on any atom is 0.191 e. The number of hydrogen-bond donors (Lipinski definition) is 2. The summed E-state index contributed by atoms with van der Waals surface area (Å²) < 4.78 is 10.5. The molecule has 0 bridgehead atoms. The lowest BCUT2D eigenvalue weighted by Gasteiger charge is -2.11. The average Bonchev–Trinajstić information content (AvgIpc) is 2.50. The smallest absolute Gasteiger partial charge is 0.191 e. The van der Waals surface area contributed by atoms with Gasteiger partial charge in [-0.15, -0.1) is 24.0 Å². The molecule has 0 fully saturated rings. The van der Waals surface area contributed by atoms with Gasteiger partial charge in [-0.05, 0) is 25.0 Å². The molecule has 0 amide bonds. The monoisotopic (exact) mass is 421 g/mol. The molecule has 1 aromatic carbocycles. The number of methoxy groups -OCH3 is 1. The minimum atomic E-state index is 0. The van der Waals surface area contributed by atoms with E-state index in [4.69, 9.17) is 9.47 Å². The summed E-state index contributed by atoms with van der Waals surface area (Å²) in [6.45, 7) is 8.33. The van der Waals surface area contributed by atoms with Gasteiger partial charge in [-0.2, -0.15) is 0 Å². The summed E-state index contributed by atoms with van der Waals surface area (Å²) in [4.78, 5) is 4.58. The van der Waals surface area contributed by atoms with Gasteiger partial charge in [0.25, 0.3) is 0 Å². The van der Waals surface area contributed by atoms with Crippen LogP contribution in [-0.4, -0.2) is 39.4 Å². The Balaban J connectivity index is 0.00000441. The second-order valence-corrected chi connectivity index (χ2v) is 4.57. The summed E-state index contributed by atoms with van der Waals surface area (Å²) in [6.07, 6.45) is 0. The lowest BCUT2D eigenvalue weighted by atomic mass is 10.1. The highest BCUT2D eigenvalue weighted by molar-refractivity contribution is 14.0. The van der Waals surface area contributed by atoms with Crippen LogP contribution in [0.5, 0.6) is 0 Å². The van der Waals surface area contributed by atoms with Crippen LogP contribution in [0.25, 0.3) is 0 Å². The van der Waals surface area contributed by atoms with E-state index in [1.54, 1.807) is 7.11 Å². The van der Waals surface area contributed by atoms with Crippen LogP contribution in [-0.2, 0) is 22.6 Å². The largest absolute Gasteiger partial charge is 0.380 e. The molecule has 5 nitrogen and oxygen atoms in total. The first kappa shape index (κ1) is 21.1. The van der Waals surface area contributed by atoms with Gasteiger partial charge in [0.1, 0.15) is 0 Å². The molecule has 2 N–H and O–H groups in total. The van der Waals surface area contributed by atoms with Gasteiger partial charge < -0.3 is 20.1 Å². The number of benzene rings is 1. The molecule has 22 heavy (non-hydrogen) atoms. The molecule has 126 valence electrons. The van der Waals surface area contributed by atoms with E-state index >= 15 is 0 Å². The third kappa shape index (κ3) is 9.22. The van der Waals surface area contributed by atoms with Gasteiger partial charge in [-0.3, -0.25) is 0 Å². The van der Waals surface area contributed by atoms with Crippen molar-refractivity contribution in [3.63, 3.8) is 0 Å². The zero-order valence-corrected chi connectivity index (χ0v) is 16.1. The highest BCUT2D eigenvalue weighted by atomic mass is 127. The molecule has 0 saturated carbocycles. The number of nitrogens with one attached hydrogen (secondary N) is 2. The molecule has 0 radical (unpaired) electrons. The molecule has 0 saturated heterocycles. The molecule has 0 aromatic heterocycles. The molecular formula is C16H28IN3O2. The van der Waals surface area contributed by atoms with Crippen LogP contribution < -0.4 is 10.6 Å². The minimum Gasteiger partial charge on any atom is -0.380 e. The molecule has 0 unspecified atom stereocenters. The second kappa shape index (κ2) is 13.8. The van der Waals surface area contributed by atoms with Crippen molar-refractivity contribution >= 4 is 29.9 Å². The van der Waals surface area contributed by atoms with Crippen LogP contribution in [0.3, 0.4) is 0 Å². The Bertz CT molecular complexity index is 428. The number of halogens is 1. The van der Waals surface area contributed by atoms with Crippen LogP contribution in [0.15, 0.2) is 29.3 Å². The lowest BCUT2D eigenvalue weighted by molar-refractivity contribution is 0.152. The maximum absolute atomic E-state index is 5.31. The summed E-state index contributed by atoms with van der Waals surface area (Å²) in [5, 5.41) is 6.48. The Labute approximate surface area is 150 Å². The molecular weight excluding hydrogens is 393 g/mol. The van der Waals surface area contributed by atoms with E-state index in [1.165, 1.54) is 11.1 Å². The summed E-state index contributed by atoms with van der Waals surface area (Å²) >= 11 is 0. The van der Waals surface area contributed by atoms with Crippen LogP contribution in [0.4, 0.5) is 0 Å². The number of aliphatic imine (C=N–C) groups is 1. The van der Waals surface area contributed by atoms with E-state index in [0.717, 1.165) is 25.7 Å². The Morgan fingerprint density at radius 3 is 2.64 bits per heavy atom. The second-order valence-electron chi connectivity index (χ2n) is 4.57. The fraction of sp³-hybridized carbons (Fsp3) is 0.562. The summed E-state index contributed by atoms with van der Waals surface area (Å²) in [5.41, 5.74) is 2.34. The van der Waals surface area contributed by atoms with Gasteiger partial charge >= 0.3 is 0 Å². The first-order valence-corrected chi connectivity index (χ1v) is 7.46. The molecule has 1 aromatic rings. The zero-order valence-electron chi connectivity index (χ0n) is 13.7. The van der Waals surface area contributed by atoms with E-state index in [0.29, 0.717) is 19.8 Å². The molecule has 1 rings (SSSR count). The highest BCUT2D eigenvalue weighted by Gasteiger charge is 1.98. The molecule has 6 heteroatoms. The number of rotatable bonds is 9. The van der Waals surface area contributed by atoms with Crippen LogP contribution in [0.2, 0.25) is 0 Å². The molecule has 0 aliphatic carbocycles. The number of nitrogens with zero attached hydrogens (tertiary/aromatic N) is 1. The van der Waals surface area contributed by atoms with Crippen molar-refractivity contribution in [2.75, 3.05) is 33.4 Å². The number of ether oxygens (including phenoxy) is 2. The van der Waals surface area contributed by atoms with Crippen molar-refractivity contribution in [3.05, 3.63) is 35.4 Å². The Kier molecular flexibility index (Phi) is 13.2. The first-order valence-electron chi connectivity index (χ1n) is 7.46. The van der Waals surface area contributed by atoms with Gasteiger partial charge in [0, 0.05) is 26.8 Å². The fourth-order valence-electron chi connectivity index (χ4n) is 1.88. The quantitative estimate of drug-likeness (QED) is 0.279. The summed E-state index contributed by atoms with van der Waals surface area (Å²) in [7, 11) is 1.70. The van der Waals surface area contributed by atoms with Crippen molar-refractivity contribution in [1.29, 1.82) is 0 Å². The number of hydrogen-bond acceptors (Lipinski definition) is 3. The average molecular weight is 421 g/mol. The van der Waals surface area contributed by atoms with Crippen molar-refractivity contribution in [2.24, 2.45) is 4.99 Å². The van der Waals surface area contributed by atoms with Gasteiger partial charge in [0.05, 0.1) is 19.8 Å². The third-order valence-corrected chi connectivity index (χ3v) is 2.81. The molecule has 0 aliphatic rings. The summed E-state index contributed by atoms with van der Waals surface area (Å²) in [6, 6.07) is 8.29. The number of guanidine groups is 1. The third-order valence-electron chi connectivity index (χ3n) is 2.81. The van der Waals surface area contributed by atoms with Crippen molar-refractivity contribution in [3.8, 4) is 0 Å². The van der Waals surface area contributed by atoms with E-state index in [9.17, 15) is 0 Å². The Morgan fingerprint density at radius 1 is 1.18 bits per heavy atom. The van der Waals surface area contributed by atoms with Crippen LogP contribution in [0, 0.1) is 0 Å². The molecule has 0 aliphatic heterocycles. The lowest BCUT2D eigenvalue weighted by Crippen LogP contribution is -2.39. The zero-order chi connectivity index (χ0) is 15.3.